The van der Waals surface area contributed by atoms with Crippen molar-refractivity contribution in [3.63, 3.8) is 0 Å². The van der Waals surface area contributed by atoms with Crippen LogP contribution in [0.3, 0.4) is 0 Å². The highest BCUT2D eigenvalue weighted by Crippen LogP contribution is 2.13. The lowest BCUT2D eigenvalue weighted by Gasteiger charge is -2.11. The van der Waals surface area contributed by atoms with Gasteiger partial charge in [0.1, 0.15) is 5.75 Å². The van der Waals surface area contributed by atoms with Crippen LogP contribution in [0, 0.1) is 6.92 Å². The number of H-pyrrole nitrogens is 2. The molecule has 1 aromatic carbocycles. The van der Waals surface area contributed by atoms with E-state index in [-0.39, 0.29) is 11.7 Å². The van der Waals surface area contributed by atoms with Gasteiger partial charge in [0.2, 0.25) is 0 Å². The smallest absolute Gasteiger partial charge is 0.325 e. The first-order valence-electron chi connectivity index (χ1n) is 8.01. The summed E-state index contributed by atoms with van der Waals surface area (Å²) in [5, 5.41) is 7.22. The molecular weight excluding hydrogens is 354 g/mol. The van der Waals surface area contributed by atoms with Gasteiger partial charge in [-0.1, -0.05) is 12.1 Å². The minimum Gasteiger partial charge on any atom is -0.491 e. The van der Waals surface area contributed by atoms with Crippen molar-refractivity contribution in [2.45, 2.75) is 33.4 Å². The molecule has 0 aliphatic carbocycles. The molecule has 9 heteroatoms. The molecule has 2 rings (SSSR count). The number of nitrogens with zero attached hydrogens (tertiary/aromatic N) is 1. The van der Waals surface area contributed by atoms with Crippen LogP contribution in [-0.4, -0.2) is 27.4 Å². The summed E-state index contributed by atoms with van der Waals surface area (Å²) in [6, 6.07) is 7.69. The molecule has 0 saturated carbocycles. The van der Waals surface area contributed by atoms with E-state index in [0.29, 0.717) is 17.4 Å². The lowest BCUT2D eigenvalue weighted by atomic mass is 10.2. The Kier molecular flexibility index (Phi) is 6.67. The Morgan fingerprint density at radius 3 is 2.58 bits per heavy atom. The van der Waals surface area contributed by atoms with Crippen LogP contribution in [0.2, 0.25) is 0 Å². The van der Waals surface area contributed by atoms with Crippen LogP contribution in [0.25, 0.3) is 0 Å². The van der Waals surface area contributed by atoms with Gasteiger partial charge in [-0.05, 0) is 50.7 Å². The average molecular weight is 375 g/mol. The van der Waals surface area contributed by atoms with E-state index < -0.39 is 11.2 Å². The summed E-state index contributed by atoms with van der Waals surface area (Å²) in [6.07, 6.45) is 1.43. The molecule has 0 radical (unpaired) electrons. The molecule has 1 heterocycles. The molecule has 0 amide bonds. The molecule has 0 fully saturated rings. The number of rotatable bonds is 6. The van der Waals surface area contributed by atoms with Crippen LogP contribution >= 0.6 is 12.2 Å². The van der Waals surface area contributed by atoms with Gasteiger partial charge in [0.25, 0.3) is 5.56 Å². The van der Waals surface area contributed by atoms with Gasteiger partial charge >= 0.3 is 5.69 Å². The second-order valence-electron chi connectivity index (χ2n) is 5.81. The first-order chi connectivity index (χ1) is 12.3. The van der Waals surface area contributed by atoms with Gasteiger partial charge < -0.3 is 15.0 Å². The van der Waals surface area contributed by atoms with Crippen molar-refractivity contribution in [3.05, 3.63) is 61.9 Å². The van der Waals surface area contributed by atoms with Crippen molar-refractivity contribution in [1.29, 1.82) is 0 Å². The van der Waals surface area contributed by atoms with Gasteiger partial charge in [0, 0.05) is 12.2 Å². The predicted molar refractivity (Wildman–Crippen MR) is 105 cm³/mol. The van der Waals surface area contributed by atoms with Crippen molar-refractivity contribution < 1.29 is 4.74 Å². The Balaban J connectivity index is 1.86. The van der Waals surface area contributed by atoms with E-state index in [1.807, 2.05) is 38.1 Å². The first-order valence-corrected chi connectivity index (χ1v) is 8.41. The monoisotopic (exact) mass is 375 g/mol. The number of aromatic amines is 2. The van der Waals surface area contributed by atoms with Crippen LogP contribution < -0.4 is 26.7 Å². The molecule has 8 nitrogen and oxygen atoms in total. The van der Waals surface area contributed by atoms with E-state index in [4.69, 9.17) is 17.0 Å². The normalized spacial score (nSPS) is 10.9. The molecule has 1 aromatic heterocycles. The van der Waals surface area contributed by atoms with Crippen molar-refractivity contribution >= 4 is 23.5 Å². The van der Waals surface area contributed by atoms with E-state index in [9.17, 15) is 9.59 Å². The fourth-order valence-electron chi connectivity index (χ4n) is 2.10. The number of hydrazone groups is 1. The topological polar surface area (TPSA) is 111 Å². The SMILES string of the molecule is Cc1[nH]c(=O)[nH]c(=O)c1/C=N/NC(=S)NCc1ccc(OC(C)C)cc1. The lowest BCUT2D eigenvalue weighted by Crippen LogP contribution is -2.32. The number of hydrogen-bond donors (Lipinski definition) is 4. The summed E-state index contributed by atoms with van der Waals surface area (Å²) in [4.78, 5) is 27.4. The number of hydrogen-bond acceptors (Lipinski definition) is 5. The van der Waals surface area contributed by atoms with Gasteiger partial charge in [-0.3, -0.25) is 15.2 Å². The van der Waals surface area contributed by atoms with E-state index in [1.54, 1.807) is 6.92 Å². The summed E-state index contributed by atoms with van der Waals surface area (Å²) < 4.78 is 5.59. The largest absolute Gasteiger partial charge is 0.491 e. The summed E-state index contributed by atoms with van der Waals surface area (Å²) in [7, 11) is 0. The fourth-order valence-corrected chi connectivity index (χ4v) is 2.23. The molecule has 26 heavy (non-hydrogen) atoms. The van der Waals surface area contributed by atoms with E-state index in [0.717, 1.165) is 11.3 Å². The third-order valence-electron chi connectivity index (χ3n) is 3.28. The Morgan fingerprint density at radius 1 is 1.27 bits per heavy atom. The van der Waals surface area contributed by atoms with Crippen LogP contribution in [0.15, 0.2) is 39.0 Å². The minimum absolute atomic E-state index is 0.131. The molecule has 0 aliphatic heterocycles. The van der Waals surface area contributed by atoms with Gasteiger partial charge in [0.05, 0.1) is 17.9 Å². The van der Waals surface area contributed by atoms with Crippen LogP contribution in [0.5, 0.6) is 5.75 Å². The zero-order chi connectivity index (χ0) is 19.1. The highest BCUT2D eigenvalue weighted by Gasteiger charge is 2.03. The summed E-state index contributed by atoms with van der Waals surface area (Å²) in [5.74, 6) is 0.815. The molecule has 0 unspecified atom stereocenters. The zero-order valence-corrected chi connectivity index (χ0v) is 15.6. The van der Waals surface area contributed by atoms with E-state index in [2.05, 4.69) is 25.8 Å². The predicted octanol–water partition coefficient (Wildman–Crippen LogP) is 1.16. The third-order valence-corrected chi connectivity index (χ3v) is 3.52. The quantitative estimate of drug-likeness (QED) is 0.342. The highest BCUT2D eigenvalue weighted by atomic mass is 32.1. The van der Waals surface area contributed by atoms with Crippen molar-refractivity contribution in [2.24, 2.45) is 5.10 Å². The number of ether oxygens (including phenoxy) is 1. The number of benzene rings is 1. The number of thiocarbonyl (C=S) groups is 1. The maximum atomic E-state index is 11.7. The Labute approximate surface area is 155 Å². The standard InChI is InChI=1S/C17H21N5O3S/c1-10(2)25-13-6-4-12(5-7-13)8-18-17(26)22-19-9-14-11(3)20-16(24)21-15(14)23/h4-7,9-10H,8H2,1-3H3,(H2,18,22,26)(H2,20,21,23,24)/b19-9+. The zero-order valence-electron chi connectivity index (χ0n) is 14.8. The maximum absolute atomic E-state index is 11.7. The fraction of sp³-hybridized carbons (Fsp3) is 0.294. The molecule has 0 bridgehead atoms. The molecule has 2 aromatic rings. The molecular formula is C17H21N5O3S. The van der Waals surface area contributed by atoms with Crippen LogP contribution in [-0.2, 0) is 6.54 Å². The van der Waals surface area contributed by atoms with Crippen molar-refractivity contribution in [2.75, 3.05) is 0 Å². The Hall–Kier alpha value is -2.94. The first kappa shape index (κ1) is 19.4. The highest BCUT2D eigenvalue weighted by molar-refractivity contribution is 7.80. The number of aromatic nitrogens is 2. The van der Waals surface area contributed by atoms with Gasteiger partial charge in [-0.15, -0.1) is 0 Å². The molecule has 138 valence electrons. The Bertz CT molecular complexity index is 900. The second-order valence-corrected chi connectivity index (χ2v) is 6.22. The second kappa shape index (κ2) is 8.95. The summed E-state index contributed by atoms with van der Waals surface area (Å²) >= 11 is 5.13. The molecule has 0 atom stereocenters. The summed E-state index contributed by atoms with van der Waals surface area (Å²) in [5.41, 5.74) is 3.26. The molecule has 4 N–H and O–H groups in total. The van der Waals surface area contributed by atoms with Crippen LogP contribution in [0.1, 0.15) is 30.7 Å². The minimum atomic E-state index is -0.556. The lowest BCUT2D eigenvalue weighted by molar-refractivity contribution is 0.242. The molecule has 0 spiro atoms. The molecule has 0 aliphatic rings. The maximum Gasteiger partial charge on any atom is 0.325 e. The number of nitrogens with one attached hydrogen (secondary N) is 4. The van der Waals surface area contributed by atoms with Gasteiger partial charge in [0.15, 0.2) is 5.11 Å². The van der Waals surface area contributed by atoms with Crippen molar-refractivity contribution in [1.82, 2.24) is 20.7 Å². The third kappa shape index (κ3) is 5.85. The number of aryl methyl sites for hydroxylation is 1. The Morgan fingerprint density at radius 2 is 1.96 bits per heavy atom. The van der Waals surface area contributed by atoms with E-state index >= 15 is 0 Å². The van der Waals surface area contributed by atoms with E-state index in [1.165, 1.54) is 6.21 Å². The van der Waals surface area contributed by atoms with Gasteiger partial charge in [-0.2, -0.15) is 5.10 Å². The van der Waals surface area contributed by atoms with Crippen molar-refractivity contribution in [3.8, 4) is 5.75 Å². The van der Waals surface area contributed by atoms with Crippen LogP contribution in [0.4, 0.5) is 0 Å². The molecule has 0 saturated heterocycles. The van der Waals surface area contributed by atoms with Gasteiger partial charge in [-0.25, -0.2) is 4.79 Å². The average Bonchev–Trinajstić information content (AvgIpc) is 2.56. The summed E-state index contributed by atoms with van der Waals surface area (Å²) in [6.45, 7) is 6.08.